The van der Waals surface area contributed by atoms with Gasteiger partial charge in [-0.3, -0.25) is 0 Å². The molecule has 18 heavy (non-hydrogen) atoms. The Morgan fingerprint density at radius 1 is 1.44 bits per heavy atom. The molecule has 0 aromatic carbocycles. The monoisotopic (exact) mass is 251 g/mol. The van der Waals surface area contributed by atoms with Crippen LogP contribution in [-0.2, 0) is 9.53 Å². The SMILES string of the molecule is CCOC(=O)/C(C)=C/CC1CCC(N=[N+]=[N-])CC1. The van der Waals surface area contributed by atoms with Crippen LogP contribution >= 0.6 is 0 Å². The summed E-state index contributed by atoms with van der Waals surface area (Å²) in [6, 6.07) is 0.168. The summed E-state index contributed by atoms with van der Waals surface area (Å²) in [6.45, 7) is 4.02. The highest BCUT2D eigenvalue weighted by Gasteiger charge is 2.19. The van der Waals surface area contributed by atoms with Gasteiger partial charge in [0, 0.05) is 16.5 Å². The molecule has 1 fully saturated rings. The van der Waals surface area contributed by atoms with Crippen molar-refractivity contribution >= 4 is 5.97 Å². The Morgan fingerprint density at radius 2 is 2.11 bits per heavy atom. The zero-order chi connectivity index (χ0) is 13.4. The van der Waals surface area contributed by atoms with Crippen molar-refractivity contribution in [3.63, 3.8) is 0 Å². The molecule has 0 bridgehead atoms. The van der Waals surface area contributed by atoms with Crippen LogP contribution in [0.15, 0.2) is 16.8 Å². The lowest BCUT2D eigenvalue weighted by molar-refractivity contribution is -0.138. The largest absolute Gasteiger partial charge is 0.463 e. The molecule has 0 spiro atoms. The van der Waals surface area contributed by atoms with Crippen molar-refractivity contribution in [2.45, 2.75) is 52.0 Å². The van der Waals surface area contributed by atoms with Crippen LogP contribution < -0.4 is 0 Å². The fourth-order valence-corrected chi connectivity index (χ4v) is 2.24. The number of hydrogen-bond donors (Lipinski definition) is 0. The average Bonchev–Trinajstić information content (AvgIpc) is 2.38. The van der Waals surface area contributed by atoms with Crippen molar-refractivity contribution in [2.24, 2.45) is 11.0 Å². The summed E-state index contributed by atoms with van der Waals surface area (Å²) < 4.78 is 4.93. The summed E-state index contributed by atoms with van der Waals surface area (Å²) in [5.74, 6) is 0.375. The van der Waals surface area contributed by atoms with Gasteiger partial charge in [-0.1, -0.05) is 11.2 Å². The van der Waals surface area contributed by atoms with Gasteiger partial charge < -0.3 is 4.74 Å². The molecule has 0 saturated heterocycles. The first kappa shape index (κ1) is 14.6. The summed E-state index contributed by atoms with van der Waals surface area (Å²) in [6.07, 6.45) is 6.93. The minimum atomic E-state index is -0.222. The van der Waals surface area contributed by atoms with E-state index in [1.54, 1.807) is 6.92 Å². The number of carbonyl (C=O) groups excluding carboxylic acids is 1. The van der Waals surface area contributed by atoms with Crippen molar-refractivity contribution in [1.29, 1.82) is 0 Å². The molecule has 0 radical (unpaired) electrons. The highest BCUT2D eigenvalue weighted by atomic mass is 16.5. The molecule has 0 amide bonds. The van der Waals surface area contributed by atoms with E-state index >= 15 is 0 Å². The highest BCUT2D eigenvalue weighted by molar-refractivity contribution is 5.87. The molecular formula is C13H21N3O2. The predicted molar refractivity (Wildman–Crippen MR) is 69.9 cm³/mol. The van der Waals surface area contributed by atoms with Crippen molar-refractivity contribution in [1.82, 2.24) is 0 Å². The van der Waals surface area contributed by atoms with Gasteiger partial charge in [0.2, 0.25) is 0 Å². The molecule has 0 aromatic heterocycles. The van der Waals surface area contributed by atoms with Crippen molar-refractivity contribution in [3.05, 3.63) is 22.1 Å². The number of carbonyl (C=O) groups is 1. The molecule has 0 heterocycles. The zero-order valence-corrected chi connectivity index (χ0v) is 11.1. The third-order valence-electron chi connectivity index (χ3n) is 3.39. The molecule has 1 saturated carbocycles. The molecule has 1 aliphatic carbocycles. The Bertz CT molecular complexity index is 351. The normalized spacial score (nSPS) is 24.2. The van der Waals surface area contributed by atoms with Crippen LogP contribution in [0.4, 0.5) is 0 Å². The smallest absolute Gasteiger partial charge is 0.333 e. The third kappa shape index (κ3) is 4.80. The van der Waals surface area contributed by atoms with Crippen LogP contribution in [0.2, 0.25) is 0 Å². The van der Waals surface area contributed by atoms with Gasteiger partial charge in [-0.15, -0.1) is 0 Å². The number of hydrogen-bond acceptors (Lipinski definition) is 3. The second-order valence-electron chi connectivity index (χ2n) is 4.72. The molecular weight excluding hydrogens is 230 g/mol. The number of nitrogens with zero attached hydrogens (tertiary/aromatic N) is 3. The molecule has 1 aliphatic rings. The molecule has 0 N–H and O–H groups in total. The first-order valence-electron chi connectivity index (χ1n) is 6.55. The Hall–Kier alpha value is -1.48. The van der Waals surface area contributed by atoms with E-state index in [4.69, 9.17) is 10.3 Å². The van der Waals surface area contributed by atoms with Gasteiger partial charge >= 0.3 is 5.97 Å². The van der Waals surface area contributed by atoms with Crippen molar-refractivity contribution in [3.8, 4) is 0 Å². The van der Waals surface area contributed by atoms with Crippen LogP contribution in [0.1, 0.15) is 46.0 Å². The highest BCUT2D eigenvalue weighted by Crippen LogP contribution is 2.29. The molecule has 0 atom stereocenters. The quantitative estimate of drug-likeness (QED) is 0.245. The first-order valence-corrected chi connectivity index (χ1v) is 6.55. The maximum atomic E-state index is 11.4. The maximum absolute atomic E-state index is 11.4. The first-order chi connectivity index (χ1) is 8.67. The van der Waals surface area contributed by atoms with Gasteiger partial charge in [0.1, 0.15) is 0 Å². The lowest BCUT2D eigenvalue weighted by Gasteiger charge is -2.24. The molecule has 100 valence electrons. The molecule has 1 rings (SSSR count). The Kier molecular flexibility index (Phi) is 6.29. The van der Waals surface area contributed by atoms with Crippen LogP contribution in [-0.4, -0.2) is 18.6 Å². The van der Waals surface area contributed by atoms with E-state index in [1.165, 1.54) is 0 Å². The number of allylic oxidation sites excluding steroid dienone is 1. The van der Waals surface area contributed by atoms with E-state index in [1.807, 2.05) is 13.0 Å². The van der Waals surface area contributed by atoms with Crippen LogP contribution in [0, 0.1) is 5.92 Å². The van der Waals surface area contributed by atoms with Crippen LogP contribution in [0.5, 0.6) is 0 Å². The minimum absolute atomic E-state index is 0.168. The van der Waals surface area contributed by atoms with Crippen LogP contribution in [0.3, 0.4) is 0 Å². The topological polar surface area (TPSA) is 75.1 Å². The van der Waals surface area contributed by atoms with Crippen molar-refractivity contribution < 1.29 is 9.53 Å². The van der Waals surface area contributed by atoms with Gasteiger partial charge in [0.05, 0.1) is 6.61 Å². The average molecular weight is 251 g/mol. The fraction of sp³-hybridized carbons (Fsp3) is 0.769. The number of rotatable bonds is 5. The Labute approximate surface area is 108 Å². The third-order valence-corrected chi connectivity index (χ3v) is 3.39. The summed E-state index contributed by atoms with van der Waals surface area (Å²) in [7, 11) is 0. The maximum Gasteiger partial charge on any atom is 0.333 e. The summed E-state index contributed by atoms with van der Waals surface area (Å²) >= 11 is 0. The van der Waals surface area contributed by atoms with Gasteiger partial charge in [0.25, 0.3) is 0 Å². The van der Waals surface area contributed by atoms with Crippen LogP contribution in [0.25, 0.3) is 10.4 Å². The van der Waals surface area contributed by atoms with E-state index in [-0.39, 0.29) is 12.0 Å². The molecule has 5 nitrogen and oxygen atoms in total. The number of azide groups is 1. The number of esters is 1. The van der Waals surface area contributed by atoms with Crippen molar-refractivity contribution in [2.75, 3.05) is 6.61 Å². The summed E-state index contributed by atoms with van der Waals surface area (Å²) in [5.41, 5.74) is 9.06. The summed E-state index contributed by atoms with van der Waals surface area (Å²) in [5, 5.41) is 3.76. The predicted octanol–water partition coefficient (Wildman–Crippen LogP) is 3.76. The van der Waals surface area contributed by atoms with Gasteiger partial charge in [-0.2, -0.15) is 0 Å². The second kappa shape index (κ2) is 7.77. The molecule has 0 aromatic rings. The Balaban J connectivity index is 2.35. The summed E-state index contributed by atoms with van der Waals surface area (Å²) in [4.78, 5) is 14.3. The molecule has 0 unspecified atom stereocenters. The second-order valence-corrected chi connectivity index (χ2v) is 4.72. The number of ether oxygens (including phenoxy) is 1. The molecule has 0 aliphatic heterocycles. The molecule has 5 heteroatoms. The fourth-order valence-electron chi connectivity index (χ4n) is 2.24. The minimum Gasteiger partial charge on any atom is -0.463 e. The lowest BCUT2D eigenvalue weighted by atomic mass is 9.84. The van der Waals surface area contributed by atoms with E-state index in [0.29, 0.717) is 18.1 Å². The lowest BCUT2D eigenvalue weighted by Crippen LogP contribution is -2.16. The van der Waals surface area contributed by atoms with E-state index < -0.39 is 0 Å². The van der Waals surface area contributed by atoms with Gasteiger partial charge in [0.15, 0.2) is 0 Å². The van der Waals surface area contributed by atoms with E-state index in [2.05, 4.69) is 10.0 Å². The van der Waals surface area contributed by atoms with E-state index in [9.17, 15) is 4.79 Å². The van der Waals surface area contributed by atoms with Gasteiger partial charge in [-0.05, 0) is 57.4 Å². The zero-order valence-electron chi connectivity index (χ0n) is 11.1. The standard InChI is InChI=1S/C13H21N3O2/c1-3-18-13(17)10(2)4-5-11-6-8-12(9-7-11)15-16-14/h4,11-12H,3,5-9H2,1-2H3/b10-4+. The van der Waals surface area contributed by atoms with E-state index in [0.717, 1.165) is 32.1 Å². The van der Waals surface area contributed by atoms with Gasteiger partial charge in [-0.25, -0.2) is 4.79 Å². The Morgan fingerprint density at radius 3 is 2.67 bits per heavy atom.